The molecule has 0 unspecified atom stereocenters. The molecule has 6 heteroatoms. The second-order valence-electron chi connectivity index (χ2n) is 3.49. The van der Waals surface area contributed by atoms with Crippen molar-refractivity contribution >= 4 is 17.3 Å². The Morgan fingerprint density at radius 1 is 1.41 bits per heavy atom. The molecule has 0 atom stereocenters. The highest BCUT2D eigenvalue weighted by molar-refractivity contribution is 6.30. The van der Waals surface area contributed by atoms with Gasteiger partial charge in [0, 0.05) is 24.3 Å². The van der Waals surface area contributed by atoms with Gasteiger partial charge in [0.1, 0.15) is 0 Å². The van der Waals surface area contributed by atoms with E-state index < -0.39 is 11.7 Å². The summed E-state index contributed by atoms with van der Waals surface area (Å²) in [5.41, 5.74) is -0.761. The normalized spacial score (nSPS) is 11.1. The molecule has 0 aliphatic rings. The summed E-state index contributed by atoms with van der Waals surface area (Å²) >= 11 is 5.56. The van der Waals surface area contributed by atoms with E-state index in [0.717, 1.165) is 6.07 Å². The van der Waals surface area contributed by atoms with Gasteiger partial charge in [-0.3, -0.25) is 0 Å². The van der Waals surface area contributed by atoms with Crippen molar-refractivity contribution in [2.45, 2.75) is 12.6 Å². The summed E-state index contributed by atoms with van der Waals surface area (Å²) in [7, 11) is 1.51. The molecule has 1 rings (SSSR count). The smallest absolute Gasteiger partial charge is 0.373 e. The van der Waals surface area contributed by atoms with Crippen molar-refractivity contribution in [2.24, 2.45) is 0 Å². The first-order valence-electron chi connectivity index (χ1n) is 4.81. The number of benzene rings is 1. The first-order chi connectivity index (χ1) is 7.86. The van der Waals surface area contributed by atoms with E-state index in [1.165, 1.54) is 24.1 Å². The molecule has 0 aromatic heterocycles. The number of halogens is 4. The van der Waals surface area contributed by atoms with Gasteiger partial charge in [-0.2, -0.15) is 18.4 Å². The van der Waals surface area contributed by atoms with Gasteiger partial charge in [-0.1, -0.05) is 11.6 Å². The number of anilines is 1. The lowest BCUT2D eigenvalue weighted by Crippen LogP contribution is -2.22. The van der Waals surface area contributed by atoms with Crippen molar-refractivity contribution in [3.05, 3.63) is 28.8 Å². The Bertz CT molecular complexity index is 437. The summed E-state index contributed by atoms with van der Waals surface area (Å²) in [6.07, 6.45) is -4.29. The van der Waals surface area contributed by atoms with Crippen LogP contribution in [-0.2, 0) is 6.18 Å². The Kier molecular flexibility index (Phi) is 4.24. The second-order valence-corrected chi connectivity index (χ2v) is 3.93. The van der Waals surface area contributed by atoms with E-state index in [1.807, 2.05) is 6.07 Å². The zero-order valence-electron chi connectivity index (χ0n) is 9.05. The predicted octanol–water partition coefficient (Wildman–Crippen LogP) is 3.71. The highest BCUT2D eigenvalue weighted by Gasteiger charge is 2.34. The molecule has 0 heterocycles. The van der Waals surface area contributed by atoms with Crippen LogP contribution in [0.3, 0.4) is 0 Å². The number of nitriles is 1. The Balaban J connectivity index is 3.11. The summed E-state index contributed by atoms with van der Waals surface area (Å²) in [6.45, 7) is 0.237. The van der Waals surface area contributed by atoms with Crippen LogP contribution in [0.4, 0.5) is 18.9 Å². The predicted molar refractivity (Wildman–Crippen MR) is 60.0 cm³/mol. The van der Waals surface area contributed by atoms with Crippen LogP contribution in [0.15, 0.2) is 18.2 Å². The van der Waals surface area contributed by atoms with Gasteiger partial charge in [0.15, 0.2) is 0 Å². The minimum atomic E-state index is -4.46. The standard InChI is InChI=1S/C11H10ClF3N2/c1-17(6-2-5-16)10-4-3-8(12)7-9(10)11(13,14)15/h3-4,7H,2,6H2,1H3. The first-order valence-corrected chi connectivity index (χ1v) is 5.19. The summed E-state index contributed by atoms with van der Waals surface area (Å²) in [5, 5.41) is 8.45. The highest BCUT2D eigenvalue weighted by atomic mass is 35.5. The number of hydrogen-bond acceptors (Lipinski definition) is 2. The van der Waals surface area contributed by atoms with Crippen LogP contribution in [-0.4, -0.2) is 13.6 Å². The van der Waals surface area contributed by atoms with Crippen LogP contribution in [0, 0.1) is 11.3 Å². The van der Waals surface area contributed by atoms with E-state index >= 15 is 0 Å². The Morgan fingerprint density at radius 3 is 2.59 bits per heavy atom. The molecule has 0 aliphatic carbocycles. The lowest BCUT2D eigenvalue weighted by molar-refractivity contribution is -0.137. The maximum Gasteiger partial charge on any atom is 0.418 e. The van der Waals surface area contributed by atoms with Crippen molar-refractivity contribution in [3.8, 4) is 6.07 Å². The number of hydrogen-bond donors (Lipinski definition) is 0. The van der Waals surface area contributed by atoms with Crippen molar-refractivity contribution in [2.75, 3.05) is 18.5 Å². The fourth-order valence-corrected chi connectivity index (χ4v) is 1.58. The van der Waals surface area contributed by atoms with Crippen molar-refractivity contribution in [1.29, 1.82) is 5.26 Å². The molecular weight excluding hydrogens is 253 g/mol. The van der Waals surface area contributed by atoms with Gasteiger partial charge in [0.25, 0.3) is 0 Å². The highest BCUT2D eigenvalue weighted by Crippen LogP contribution is 2.37. The average Bonchev–Trinajstić information content (AvgIpc) is 2.24. The third kappa shape index (κ3) is 3.53. The summed E-state index contributed by atoms with van der Waals surface area (Å²) in [6, 6.07) is 5.48. The molecular formula is C11H10ClF3N2. The molecule has 1 aromatic rings. The number of nitrogens with zero attached hydrogens (tertiary/aromatic N) is 2. The zero-order chi connectivity index (χ0) is 13.1. The monoisotopic (exact) mass is 262 g/mol. The van der Waals surface area contributed by atoms with Crippen LogP contribution >= 0.6 is 11.6 Å². The summed E-state index contributed by atoms with van der Waals surface area (Å²) in [4.78, 5) is 1.39. The van der Waals surface area contributed by atoms with Crippen LogP contribution in [0.25, 0.3) is 0 Å². The van der Waals surface area contributed by atoms with E-state index in [1.54, 1.807) is 0 Å². The molecule has 17 heavy (non-hydrogen) atoms. The number of rotatable bonds is 3. The van der Waals surface area contributed by atoms with Crippen molar-refractivity contribution in [3.63, 3.8) is 0 Å². The third-order valence-corrected chi connectivity index (χ3v) is 2.47. The fraction of sp³-hybridized carbons (Fsp3) is 0.364. The molecule has 0 saturated carbocycles. The molecule has 0 amide bonds. The largest absolute Gasteiger partial charge is 0.418 e. The average molecular weight is 263 g/mol. The summed E-state index contributed by atoms with van der Waals surface area (Å²) < 4.78 is 38.3. The molecule has 0 N–H and O–H groups in total. The summed E-state index contributed by atoms with van der Waals surface area (Å²) in [5.74, 6) is 0. The van der Waals surface area contributed by atoms with E-state index in [0.29, 0.717) is 0 Å². The Labute approximate surface area is 102 Å². The molecule has 0 spiro atoms. The quantitative estimate of drug-likeness (QED) is 0.830. The molecule has 92 valence electrons. The van der Waals surface area contributed by atoms with Gasteiger partial charge in [-0.25, -0.2) is 0 Å². The second kappa shape index (κ2) is 5.28. The number of alkyl halides is 3. The van der Waals surface area contributed by atoms with E-state index in [-0.39, 0.29) is 23.7 Å². The fourth-order valence-electron chi connectivity index (χ4n) is 1.41. The van der Waals surface area contributed by atoms with E-state index in [2.05, 4.69) is 0 Å². The minimum absolute atomic E-state index is 0.0251. The van der Waals surface area contributed by atoms with Gasteiger partial charge >= 0.3 is 6.18 Å². The van der Waals surface area contributed by atoms with E-state index in [4.69, 9.17) is 16.9 Å². The lowest BCUT2D eigenvalue weighted by atomic mass is 10.1. The van der Waals surface area contributed by atoms with Crippen molar-refractivity contribution in [1.82, 2.24) is 0 Å². The third-order valence-electron chi connectivity index (χ3n) is 2.23. The van der Waals surface area contributed by atoms with Gasteiger partial charge in [-0.05, 0) is 18.2 Å². The van der Waals surface area contributed by atoms with Gasteiger partial charge < -0.3 is 4.90 Å². The van der Waals surface area contributed by atoms with Crippen LogP contribution in [0.2, 0.25) is 5.02 Å². The lowest BCUT2D eigenvalue weighted by Gasteiger charge is -2.22. The van der Waals surface area contributed by atoms with E-state index in [9.17, 15) is 13.2 Å². The minimum Gasteiger partial charge on any atom is -0.373 e. The van der Waals surface area contributed by atoms with Crippen molar-refractivity contribution < 1.29 is 13.2 Å². The molecule has 0 fully saturated rings. The van der Waals surface area contributed by atoms with Gasteiger partial charge in [0.05, 0.1) is 18.1 Å². The van der Waals surface area contributed by atoms with Gasteiger partial charge in [-0.15, -0.1) is 0 Å². The zero-order valence-corrected chi connectivity index (χ0v) is 9.81. The molecule has 0 radical (unpaired) electrons. The topological polar surface area (TPSA) is 27.0 Å². The molecule has 0 saturated heterocycles. The molecule has 2 nitrogen and oxygen atoms in total. The van der Waals surface area contributed by atoms with Crippen LogP contribution in [0.1, 0.15) is 12.0 Å². The van der Waals surface area contributed by atoms with Crippen LogP contribution in [0.5, 0.6) is 0 Å². The Morgan fingerprint density at radius 2 is 2.06 bits per heavy atom. The Hall–Kier alpha value is -1.41. The van der Waals surface area contributed by atoms with Gasteiger partial charge in [0.2, 0.25) is 0 Å². The maximum absolute atomic E-state index is 12.8. The SMILES string of the molecule is CN(CCC#N)c1ccc(Cl)cc1C(F)(F)F. The maximum atomic E-state index is 12.8. The molecule has 0 aliphatic heterocycles. The molecule has 1 aromatic carbocycles. The van der Waals surface area contributed by atoms with Crippen LogP contribution < -0.4 is 4.90 Å². The first kappa shape index (κ1) is 13.7. The molecule has 0 bridgehead atoms.